The lowest BCUT2D eigenvalue weighted by Crippen LogP contribution is -2.14. The van der Waals surface area contributed by atoms with E-state index >= 15 is 0 Å². The van der Waals surface area contributed by atoms with E-state index in [9.17, 15) is 4.79 Å². The first-order valence-electron chi connectivity index (χ1n) is 9.98. The van der Waals surface area contributed by atoms with Crippen LogP contribution in [0.4, 0.5) is 0 Å². The molecule has 0 saturated heterocycles. The number of Topliss-reactive ketones (excluding diaryl/α,β-unsaturated/α-hetero) is 1. The number of aromatic nitrogens is 5. The largest absolute Gasteiger partial charge is 0.318 e. The third-order valence-electron chi connectivity index (χ3n) is 5.60. The molecule has 0 amide bonds. The average molecular weight is 399 g/mol. The van der Waals surface area contributed by atoms with Gasteiger partial charge in [0.1, 0.15) is 6.54 Å². The van der Waals surface area contributed by atoms with Crippen molar-refractivity contribution in [1.29, 1.82) is 0 Å². The van der Waals surface area contributed by atoms with E-state index in [4.69, 9.17) is 0 Å². The van der Waals surface area contributed by atoms with E-state index < -0.39 is 0 Å². The molecule has 2 aromatic heterocycles. The summed E-state index contributed by atoms with van der Waals surface area (Å²) < 4.78 is 2.12. The number of hydrogen-bond acceptors (Lipinski definition) is 4. The van der Waals surface area contributed by atoms with Crippen LogP contribution < -0.4 is 0 Å². The number of carbonyl (C=O) groups is 1. The van der Waals surface area contributed by atoms with Gasteiger partial charge in [-0.1, -0.05) is 30.3 Å². The van der Waals surface area contributed by atoms with Gasteiger partial charge >= 0.3 is 0 Å². The van der Waals surface area contributed by atoms with Crippen LogP contribution in [0.2, 0.25) is 0 Å². The van der Waals surface area contributed by atoms with Crippen molar-refractivity contribution in [3.05, 3.63) is 82.2 Å². The summed E-state index contributed by atoms with van der Waals surface area (Å²) in [5, 5.41) is 12.6. The van der Waals surface area contributed by atoms with Gasteiger partial charge in [0.05, 0.1) is 0 Å². The molecule has 0 aliphatic heterocycles. The highest BCUT2D eigenvalue weighted by Gasteiger charge is 2.19. The molecule has 0 radical (unpaired) electrons. The van der Waals surface area contributed by atoms with E-state index in [-0.39, 0.29) is 12.3 Å². The van der Waals surface area contributed by atoms with Gasteiger partial charge in [0, 0.05) is 28.2 Å². The van der Waals surface area contributed by atoms with Crippen molar-refractivity contribution in [3.63, 3.8) is 0 Å². The highest BCUT2D eigenvalue weighted by molar-refractivity contribution is 5.97. The van der Waals surface area contributed by atoms with Gasteiger partial charge in [0.2, 0.25) is 5.82 Å². The Labute approximate surface area is 176 Å². The summed E-state index contributed by atoms with van der Waals surface area (Å²) in [5.41, 5.74) is 8.15. The summed E-state index contributed by atoms with van der Waals surface area (Å²) in [4.78, 5) is 14.4. The quantitative estimate of drug-likeness (QED) is 0.462. The normalized spacial score (nSPS) is 11.1. The first-order chi connectivity index (χ1) is 14.3. The predicted molar refractivity (Wildman–Crippen MR) is 117 cm³/mol. The van der Waals surface area contributed by atoms with Crippen molar-refractivity contribution in [2.75, 3.05) is 0 Å². The molecule has 0 atom stereocenters. The maximum atomic E-state index is 13.0. The minimum Gasteiger partial charge on any atom is -0.318 e. The van der Waals surface area contributed by atoms with E-state index in [1.165, 1.54) is 15.9 Å². The Bertz CT molecular complexity index is 1250. The number of benzene rings is 2. The van der Waals surface area contributed by atoms with Crippen LogP contribution in [0, 0.1) is 34.6 Å². The third-order valence-corrected chi connectivity index (χ3v) is 5.60. The molecule has 0 bridgehead atoms. The minimum atomic E-state index is -0.0353. The Morgan fingerprint density at radius 1 is 0.900 bits per heavy atom. The number of aryl methyl sites for hydroxylation is 4. The molecule has 6 nitrogen and oxygen atoms in total. The summed E-state index contributed by atoms with van der Waals surface area (Å²) in [7, 11) is 0. The summed E-state index contributed by atoms with van der Waals surface area (Å²) in [6.07, 6.45) is 0. The Hall–Kier alpha value is -3.54. The Morgan fingerprint density at radius 3 is 2.40 bits per heavy atom. The van der Waals surface area contributed by atoms with Gasteiger partial charge in [-0.3, -0.25) is 4.79 Å². The van der Waals surface area contributed by atoms with Crippen LogP contribution in [0.3, 0.4) is 0 Å². The van der Waals surface area contributed by atoms with E-state index in [0.717, 1.165) is 28.2 Å². The topological polar surface area (TPSA) is 65.6 Å². The molecule has 0 N–H and O–H groups in total. The second-order valence-electron chi connectivity index (χ2n) is 7.77. The number of ketones is 1. The van der Waals surface area contributed by atoms with Gasteiger partial charge in [-0.2, -0.15) is 4.80 Å². The molecule has 6 heteroatoms. The average Bonchev–Trinajstić information content (AvgIpc) is 3.28. The molecule has 0 fully saturated rings. The Balaban J connectivity index is 1.61. The Morgan fingerprint density at radius 2 is 1.67 bits per heavy atom. The molecule has 30 heavy (non-hydrogen) atoms. The molecule has 0 aliphatic rings. The van der Waals surface area contributed by atoms with Crippen LogP contribution in [-0.4, -0.2) is 30.6 Å². The maximum absolute atomic E-state index is 13.0. The zero-order valence-corrected chi connectivity index (χ0v) is 18.0. The first-order valence-corrected chi connectivity index (χ1v) is 9.98. The van der Waals surface area contributed by atoms with Gasteiger partial charge in [0.25, 0.3) is 0 Å². The van der Waals surface area contributed by atoms with Crippen molar-refractivity contribution < 1.29 is 4.79 Å². The summed E-state index contributed by atoms with van der Waals surface area (Å²) in [6, 6.07) is 16.1. The van der Waals surface area contributed by atoms with Crippen LogP contribution in [0.15, 0.2) is 48.5 Å². The van der Waals surface area contributed by atoms with Gasteiger partial charge in [-0.25, -0.2) is 0 Å². The molecule has 0 unspecified atom stereocenters. The number of tetrazole rings is 1. The van der Waals surface area contributed by atoms with E-state index in [0.29, 0.717) is 11.4 Å². The molecule has 4 aromatic rings. The highest BCUT2D eigenvalue weighted by Crippen LogP contribution is 2.23. The molecule has 2 aromatic carbocycles. The monoisotopic (exact) mass is 399 g/mol. The fraction of sp³-hybridized carbons (Fsp3) is 0.250. The van der Waals surface area contributed by atoms with Crippen LogP contribution in [0.1, 0.15) is 38.4 Å². The van der Waals surface area contributed by atoms with Crippen molar-refractivity contribution in [2.45, 2.75) is 41.2 Å². The second-order valence-corrected chi connectivity index (χ2v) is 7.77. The standard InChI is InChI=1S/C24H25N5O/c1-15-10-11-20(12-17(15)3)29-18(4)13-22(19(29)5)23(30)14-28-26-24(25-27-28)21-9-7-6-8-16(21)2/h6-13H,14H2,1-5H3. The molecular formula is C24H25N5O. The van der Waals surface area contributed by atoms with Crippen molar-refractivity contribution >= 4 is 5.78 Å². The zero-order valence-electron chi connectivity index (χ0n) is 18.0. The molecule has 2 heterocycles. The summed E-state index contributed by atoms with van der Waals surface area (Å²) in [6.45, 7) is 10.2. The molecule has 152 valence electrons. The Kier molecular flexibility index (Phi) is 5.08. The molecule has 0 spiro atoms. The second kappa shape index (κ2) is 7.71. The smallest absolute Gasteiger partial charge is 0.205 e. The third kappa shape index (κ3) is 3.56. The van der Waals surface area contributed by atoms with Crippen molar-refractivity contribution in [2.24, 2.45) is 0 Å². The zero-order chi connectivity index (χ0) is 21.4. The first kappa shape index (κ1) is 19.8. The van der Waals surface area contributed by atoms with Crippen molar-refractivity contribution in [1.82, 2.24) is 24.8 Å². The van der Waals surface area contributed by atoms with Crippen molar-refractivity contribution in [3.8, 4) is 17.1 Å². The molecule has 0 saturated carbocycles. The maximum Gasteiger partial charge on any atom is 0.205 e. The number of hydrogen-bond donors (Lipinski definition) is 0. The number of nitrogens with zero attached hydrogens (tertiary/aromatic N) is 5. The summed E-state index contributed by atoms with van der Waals surface area (Å²) >= 11 is 0. The number of rotatable bonds is 5. The SMILES string of the molecule is Cc1ccc(-n2c(C)cc(C(=O)Cn3nnc(-c4ccccc4C)n3)c2C)cc1C. The van der Waals surface area contributed by atoms with Crippen LogP contribution >= 0.6 is 0 Å². The van der Waals surface area contributed by atoms with Crippen LogP contribution in [0.25, 0.3) is 17.1 Å². The summed E-state index contributed by atoms with van der Waals surface area (Å²) in [5.74, 6) is 0.494. The lowest BCUT2D eigenvalue weighted by atomic mass is 10.1. The van der Waals surface area contributed by atoms with E-state index in [2.05, 4.69) is 52.0 Å². The highest BCUT2D eigenvalue weighted by atomic mass is 16.1. The minimum absolute atomic E-state index is 0.0353. The van der Waals surface area contributed by atoms with Gasteiger partial charge in [-0.15, -0.1) is 10.2 Å². The predicted octanol–water partition coefficient (Wildman–Crippen LogP) is 4.56. The van der Waals surface area contributed by atoms with Gasteiger partial charge < -0.3 is 4.57 Å². The lowest BCUT2D eigenvalue weighted by Gasteiger charge is -2.12. The van der Waals surface area contributed by atoms with Crippen LogP contribution in [0.5, 0.6) is 0 Å². The lowest BCUT2D eigenvalue weighted by molar-refractivity contribution is 0.0961. The fourth-order valence-corrected chi connectivity index (χ4v) is 3.76. The van der Waals surface area contributed by atoms with Crippen LogP contribution in [-0.2, 0) is 6.54 Å². The number of carbonyl (C=O) groups excluding carboxylic acids is 1. The van der Waals surface area contributed by atoms with E-state index in [1.807, 2.05) is 51.1 Å². The van der Waals surface area contributed by atoms with Gasteiger partial charge in [-0.05, 0) is 74.7 Å². The molecule has 0 aliphatic carbocycles. The fourth-order valence-electron chi connectivity index (χ4n) is 3.76. The van der Waals surface area contributed by atoms with E-state index in [1.54, 1.807) is 0 Å². The molecular weight excluding hydrogens is 374 g/mol. The van der Waals surface area contributed by atoms with Gasteiger partial charge in [0.15, 0.2) is 5.78 Å². The molecule has 4 rings (SSSR count).